The van der Waals surface area contributed by atoms with Crippen LogP contribution in [-0.4, -0.2) is 45.3 Å². The van der Waals surface area contributed by atoms with Gasteiger partial charge in [-0.1, -0.05) is 13.0 Å². The fraction of sp³-hybridized carbons (Fsp3) is 0.615. The number of hydrogen-bond donors (Lipinski definition) is 1. The van der Waals surface area contributed by atoms with Crippen LogP contribution in [0.4, 0.5) is 0 Å². The fourth-order valence-corrected chi connectivity index (χ4v) is 2.13. The second-order valence-electron chi connectivity index (χ2n) is 4.73. The highest BCUT2D eigenvalue weighted by atomic mass is 32.1. The molecule has 7 heteroatoms. The fourth-order valence-electron chi connectivity index (χ4n) is 1.82. The number of allylic oxidation sites excluding steroid dienone is 1. The maximum Gasteiger partial charge on any atom is 0.234 e. The van der Waals surface area contributed by atoms with Gasteiger partial charge >= 0.3 is 0 Å². The summed E-state index contributed by atoms with van der Waals surface area (Å²) in [6.45, 7) is 9.81. The van der Waals surface area contributed by atoms with Gasteiger partial charge in [0, 0.05) is 13.1 Å². The summed E-state index contributed by atoms with van der Waals surface area (Å²) < 4.78 is 4.28. The van der Waals surface area contributed by atoms with E-state index < -0.39 is 0 Å². The van der Waals surface area contributed by atoms with Crippen LogP contribution in [0.5, 0.6) is 0 Å². The lowest BCUT2D eigenvalue weighted by atomic mass is 10.4. The Balaban J connectivity index is 2.64. The summed E-state index contributed by atoms with van der Waals surface area (Å²) in [7, 11) is 1.87. The summed E-state index contributed by atoms with van der Waals surface area (Å²) in [5, 5.41) is 7.24. The highest BCUT2D eigenvalue weighted by Gasteiger charge is 2.10. The van der Waals surface area contributed by atoms with Crippen molar-refractivity contribution in [3.8, 4) is 0 Å². The van der Waals surface area contributed by atoms with Gasteiger partial charge in [-0.25, -0.2) is 4.68 Å². The minimum absolute atomic E-state index is 0.0168. The van der Waals surface area contributed by atoms with Crippen molar-refractivity contribution in [1.29, 1.82) is 0 Å². The topological polar surface area (TPSA) is 55.1 Å². The van der Waals surface area contributed by atoms with E-state index in [1.165, 1.54) is 0 Å². The first kappa shape index (κ1) is 16.6. The quantitative estimate of drug-likeness (QED) is 0.581. The Kier molecular flexibility index (Phi) is 6.60. The van der Waals surface area contributed by atoms with Crippen molar-refractivity contribution in [3.05, 3.63) is 23.3 Å². The first-order valence-corrected chi connectivity index (χ1v) is 7.10. The van der Waals surface area contributed by atoms with Crippen molar-refractivity contribution in [2.75, 3.05) is 20.1 Å². The lowest BCUT2D eigenvalue weighted by Gasteiger charge is -2.15. The Morgan fingerprint density at radius 3 is 2.90 bits per heavy atom. The van der Waals surface area contributed by atoms with E-state index in [-0.39, 0.29) is 5.91 Å². The van der Waals surface area contributed by atoms with Gasteiger partial charge in [0.2, 0.25) is 5.91 Å². The molecule has 0 spiro atoms. The predicted molar refractivity (Wildman–Crippen MR) is 81.9 cm³/mol. The molecule has 0 bridgehead atoms. The smallest absolute Gasteiger partial charge is 0.234 e. The molecule has 6 nitrogen and oxygen atoms in total. The maximum atomic E-state index is 11.6. The van der Waals surface area contributed by atoms with E-state index in [0.29, 0.717) is 31.1 Å². The Labute approximate surface area is 125 Å². The lowest BCUT2D eigenvalue weighted by molar-refractivity contribution is -0.122. The molecular weight excluding hydrogens is 274 g/mol. The Morgan fingerprint density at radius 2 is 2.30 bits per heavy atom. The van der Waals surface area contributed by atoms with Crippen LogP contribution in [0.1, 0.15) is 19.2 Å². The highest BCUT2D eigenvalue weighted by molar-refractivity contribution is 7.71. The van der Waals surface area contributed by atoms with Crippen molar-refractivity contribution in [1.82, 2.24) is 24.6 Å². The van der Waals surface area contributed by atoms with Gasteiger partial charge in [-0.3, -0.25) is 9.69 Å². The maximum absolute atomic E-state index is 11.6. The summed E-state index contributed by atoms with van der Waals surface area (Å²) in [6.07, 6.45) is 2.72. The number of aromatic nitrogens is 3. The van der Waals surface area contributed by atoms with E-state index in [9.17, 15) is 4.79 Å². The number of hydrogen-bond acceptors (Lipinski definition) is 4. The predicted octanol–water partition coefficient (Wildman–Crippen LogP) is 1.32. The Bertz CT molecular complexity index is 519. The molecule has 0 saturated carbocycles. The number of aryl methyl sites for hydroxylation is 1. The van der Waals surface area contributed by atoms with E-state index in [4.69, 9.17) is 12.2 Å². The monoisotopic (exact) mass is 297 g/mol. The van der Waals surface area contributed by atoms with Gasteiger partial charge in [0.1, 0.15) is 5.82 Å². The molecule has 1 N–H and O–H groups in total. The van der Waals surface area contributed by atoms with Gasteiger partial charge in [-0.2, -0.15) is 5.10 Å². The van der Waals surface area contributed by atoms with Crippen LogP contribution in [0.25, 0.3) is 0 Å². The van der Waals surface area contributed by atoms with Crippen molar-refractivity contribution in [2.24, 2.45) is 0 Å². The molecule has 0 aliphatic heterocycles. The average Bonchev–Trinajstić information content (AvgIpc) is 2.64. The highest BCUT2D eigenvalue weighted by Crippen LogP contribution is 2.02. The van der Waals surface area contributed by atoms with E-state index in [1.54, 1.807) is 10.8 Å². The van der Waals surface area contributed by atoms with Crippen molar-refractivity contribution in [3.63, 3.8) is 0 Å². The van der Waals surface area contributed by atoms with Crippen molar-refractivity contribution < 1.29 is 4.79 Å². The van der Waals surface area contributed by atoms with E-state index in [0.717, 1.165) is 12.2 Å². The molecule has 1 aromatic heterocycles. The molecule has 112 valence electrons. The molecule has 1 aromatic rings. The van der Waals surface area contributed by atoms with Crippen LogP contribution in [-0.2, 0) is 18.0 Å². The number of amides is 1. The van der Waals surface area contributed by atoms with E-state index >= 15 is 0 Å². The first-order chi connectivity index (χ1) is 9.49. The van der Waals surface area contributed by atoms with Crippen LogP contribution in [0.2, 0.25) is 0 Å². The molecular formula is C13H23N5OS. The van der Waals surface area contributed by atoms with Gasteiger partial charge in [0.15, 0.2) is 4.77 Å². The third-order valence-corrected chi connectivity index (χ3v) is 3.21. The first-order valence-electron chi connectivity index (χ1n) is 6.70. The van der Waals surface area contributed by atoms with Gasteiger partial charge in [-0.05, 0) is 32.6 Å². The number of nitrogens with one attached hydrogen (secondary N) is 1. The second-order valence-corrected chi connectivity index (χ2v) is 5.10. The van der Waals surface area contributed by atoms with E-state index in [1.807, 2.05) is 30.4 Å². The zero-order valence-electron chi connectivity index (χ0n) is 12.4. The van der Waals surface area contributed by atoms with Crippen LogP contribution >= 0.6 is 12.2 Å². The average molecular weight is 297 g/mol. The summed E-state index contributed by atoms with van der Waals surface area (Å²) in [5.41, 5.74) is 0. The standard InChI is InChI=1S/C13H23N5OS/c1-5-7-14-12(19)9-16(4)10-18-13(20)17(8-6-2)11(3)15-18/h6H,2,5,7-10H2,1,3-4H3,(H,14,19). The van der Waals surface area contributed by atoms with Crippen LogP contribution in [0.15, 0.2) is 12.7 Å². The lowest BCUT2D eigenvalue weighted by Crippen LogP contribution is -2.36. The number of carbonyl (C=O) groups is 1. The molecule has 0 aromatic carbocycles. The van der Waals surface area contributed by atoms with Crippen LogP contribution < -0.4 is 5.32 Å². The molecule has 0 aliphatic carbocycles. The third-order valence-electron chi connectivity index (χ3n) is 2.78. The summed E-state index contributed by atoms with van der Waals surface area (Å²) >= 11 is 5.37. The molecule has 0 fully saturated rings. The third kappa shape index (κ3) is 4.57. The Hall–Kier alpha value is -1.47. The number of nitrogens with zero attached hydrogens (tertiary/aromatic N) is 4. The van der Waals surface area contributed by atoms with Gasteiger partial charge in [0.05, 0.1) is 13.2 Å². The zero-order valence-corrected chi connectivity index (χ0v) is 13.2. The minimum Gasteiger partial charge on any atom is -0.355 e. The molecule has 1 rings (SSSR count). The largest absolute Gasteiger partial charge is 0.355 e. The van der Waals surface area contributed by atoms with Gasteiger partial charge < -0.3 is 9.88 Å². The molecule has 1 amide bonds. The molecule has 0 atom stereocenters. The van der Waals surface area contributed by atoms with Crippen LogP contribution in [0, 0.1) is 11.7 Å². The van der Waals surface area contributed by atoms with Crippen LogP contribution in [0.3, 0.4) is 0 Å². The van der Waals surface area contributed by atoms with Crippen molar-refractivity contribution >= 4 is 18.1 Å². The SMILES string of the molecule is C=CCn1c(C)nn(CN(C)CC(=O)NCCC)c1=S. The Morgan fingerprint density at radius 1 is 1.60 bits per heavy atom. The molecule has 20 heavy (non-hydrogen) atoms. The van der Waals surface area contributed by atoms with E-state index in [2.05, 4.69) is 17.0 Å². The summed E-state index contributed by atoms with van der Waals surface area (Å²) in [6, 6.07) is 0. The molecule has 0 saturated heterocycles. The molecule has 0 aliphatic rings. The second kappa shape index (κ2) is 7.96. The number of likely N-dealkylation sites (N-methyl/N-ethyl adjacent to an activating group) is 1. The molecule has 0 radical (unpaired) electrons. The van der Waals surface area contributed by atoms with Gasteiger partial charge in [-0.15, -0.1) is 6.58 Å². The molecule has 1 heterocycles. The molecule has 0 unspecified atom stereocenters. The minimum atomic E-state index is 0.0168. The van der Waals surface area contributed by atoms with Crippen molar-refractivity contribution in [2.45, 2.75) is 33.5 Å². The number of rotatable bonds is 8. The zero-order chi connectivity index (χ0) is 15.1. The summed E-state index contributed by atoms with van der Waals surface area (Å²) in [5.74, 6) is 0.863. The summed E-state index contributed by atoms with van der Waals surface area (Å²) in [4.78, 5) is 13.5. The number of carbonyl (C=O) groups excluding carboxylic acids is 1. The van der Waals surface area contributed by atoms with Gasteiger partial charge in [0.25, 0.3) is 0 Å². The normalized spacial score (nSPS) is 10.8.